The standard InChI is InChI=1S/C9H11N5OS/c10-2-7-1-6(5-16-7)8-3-14(13-12-8)4-9(11)15/h1,3,5H,2,4,10H2,(H2,11,15). The zero-order valence-electron chi connectivity index (χ0n) is 8.46. The highest BCUT2D eigenvalue weighted by atomic mass is 32.1. The van der Waals surface area contributed by atoms with Gasteiger partial charge in [0.2, 0.25) is 5.91 Å². The number of carbonyl (C=O) groups excluding carboxylic acids is 1. The van der Waals surface area contributed by atoms with E-state index in [1.807, 2.05) is 11.4 Å². The van der Waals surface area contributed by atoms with Gasteiger partial charge in [0.05, 0.1) is 6.20 Å². The minimum absolute atomic E-state index is 0.0425. The summed E-state index contributed by atoms with van der Waals surface area (Å²) in [5.74, 6) is -0.440. The minimum Gasteiger partial charge on any atom is -0.368 e. The summed E-state index contributed by atoms with van der Waals surface area (Å²) in [5, 5.41) is 9.72. The number of rotatable bonds is 4. The molecular formula is C9H11N5OS. The van der Waals surface area contributed by atoms with E-state index in [1.165, 1.54) is 4.68 Å². The van der Waals surface area contributed by atoms with Gasteiger partial charge in [0.1, 0.15) is 12.2 Å². The quantitative estimate of drug-likeness (QED) is 0.778. The lowest BCUT2D eigenvalue weighted by molar-refractivity contribution is -0.118. The number of nitrogens with two attached hydrogens (primary N) is 2. The Morgan fingerprint density at radius 3 is 3.00 bits per heavy atom. The maximum atomic E-state index is 10.7. The molecule has 2 heterocycles. The third-order valence-electron chi connectivity index (χ3n) is 2.01. The highest BCUT2D eigenvalue weighted by molar-refractivity contribution is 7.10. The van der Waals surface area contributed by atoms with E-state index in [4.69, 9.17) is 11.5 Å². The molecule has 0 aliphatic rings. The topological polar surface area (TPSA) is 99.8 Å². The Kier molecular flexibility index (Phi) is 2.97. The van der Waals surface area contributed by atoms with E-state index < -0.39 is 5.91 Å². The van der Waals surface area contributed by atoms with Crippen molar-refractivity contribution in [2.24, 2.45) is 11.5 Å². The second-order valence-corrected chi connectivity index (χ2v) is 4.27. The maximum absolute atomic E-state index is 10.7. The Balaban J connectivity index is 2.20. The molecule has 0 saturated carbocycles. The van der Waals surface area contributed by atoms with Crippen molar-refractivity contribution in [1.29, 1.82) is 0 Å². The lowest BCUT2D eigenvalue weighted by Gasteiger charge is -1.92. The number of amides is 1. The van der Waals surface area contributed by atoms with Gasteiger partial charge in [-0.25, -0.2) is 4.68 Å². The summed E-state index contributed by atoms with van der Waals surface area (Å²) in [6.45, 7) is 0.557. The molecule has 0 spiro atoms. The SMILES string of the molecule is NCc1cc(-c2cn(CC(N)=O)nn2)cs1. The summed E-state index contributed by atoms with van der Waals surface area (Å²) < 4.78 is 1.41. The molecule has 2 aromatic heterocycles. The van der Waals surface area contributed by atoms with Gasteiger partial charge in [-0.3, -0.25) is 4.79 Å². The second-order valence-electron chi connectivity index (χ2n) is 3.27. The predicted molar refractivity (Wildman–Crippen MR) is 60.4 cm³/mol. The Hall–Kier alpha value is -1.73. The lowest BCUT2D eigenvalue weighted by atomic mass is 10.2. The number of hydrogen-bond donors (Lipinski definition) is 2. The van der Waals surface area contributed by atoms with Crippen molar-refractivity contribution in [2.45, 2.75) is 13.1 Å². The number of hydrogen-bond acceptors (Lipinski definition) is 5. The van der Waals surface area contributed by atoms with Gasteiger partial charge in [0.15, 0.2) is 0 Å². The Bertz CT molecular complexity index is 503. The first-order valence-corrected chi connectivity index (χ1v) is 5.53. The van der Waals surface area contributed by atoms with Crippen LogP contribution >= 0.6 is 11.3 Å². The van der Waals surface area contributed by atoms with Crippen molar-refractivity contribution >= 4 is 17.2 Å². The molecule has 2 aromatic rings. The molecule has 2 rings (SSSR count). The summed E-state index contributed by atoms with van der Waals surface area (Å²) in [4.78, 5) is 11.8. The normalized spacial score (nSPS) is 10.6. The smallest absolute Gasteiger partial charge is 0.239 e. The van der Waals surface area contributed by atoms with Crippen LogP contribution in [0, 0.1) is 0 Å². The van der Waals surface area contributed by atoms with Crippen LogP contribution in [0.3, 0.4) is 0 Å². The number of aromatic nitrogens is 3. The van der Waals surface area contributed by atoms with Gasteiger partial charge < -0.3 is 11.5 Å². The van der Waals surface area contributed by atoms with E-state index in [0.717, 1.165) is 16.1 Å². The van der Waals surface area contributed by atoms with Gasteiger partial charge in [-0.1, -0.05) is 5.21 Å². The molecule has 0 unspecified atom stereocenters. The molecule has 0 fully saturated rings. The average molecular weight is 237 g/mol. The fourth-order valence-corrected chi connectivity index (χ4v) is 2.05. The highest BCUT2D eigenvalue weighted by Gasteiger charge is 2.07. The van der Waals surface area contributed by atoms with Crippen LogP contribution in [-0.2, 0) is 17.9 Å². The molecule has 1 amide bonds. The van der Waals surface area contributed by atoms with Crippen LogP contribution in [-0.4, -0.2) is 20.9 Å². The molecule has 7 heteroatoms. The third-order valence-corrected chi connectivity index (χ3v) is 2.97. The summed E-state index contributed by atoms with van der Waals surface area (Å²) in [5.41, 5.74) is 12.3. The molecule has 84 valence electrons. The summed E-state index contributed by atoms with van der Waals surface area (Å²) in [7, 11) is 0. The molecule has 4 N–H and O–H groups in total. The molecule has 6 nitrogen and oxygen atoms in total. The molecule has 0 bridgehead atoms. The summed E-state index contributed by atoms with van der Waals surface area (Å²) >= 11 is 1.57. The molecule has 0 aliphatic carbocycles. The van der Waals surface area contributed by atoms with E-state index >= 15 is 0 Å². The van der Waals surface area contributed by atoms with E-state index in [0.29, 0.717) is 6.54 Å². The van der Waals surface area contributed by atoms with Crippen molar-refractivity contribution < 1.29 is 4.79 Å². The zero-order valence-corrected chi connectivity index (χ0v) is 9.28. The molecular weight excluding hydrogens is 226 g/mol. The molecule has 0 aromatic carbocycles. The van der Waals surface area contributed by atoms with E-state index in [9.17, 15) is 4.79 Å². The first kappa shape index (κ1) is 10.8. The van der Waals surface area contributed by atoms with Crippen LogP contribution in [0.25, 0.3) is 11.3 Å². The molecule has 0 saturated heterocycles. The number of thiophene rings is 1. The third kappa shape index (κ3) is 2.26. The average Bonchev–Trinajstić information content (AvgIpc) is 2.83. The van der Waals surface area contributed by atoms with Gasteiger partial charge in [-0.05, 0) is 6.07 Å². The Morgan fingerprint density at radius 2 is 2.38 bits per heavy atom. The van der Waals surface area contributed by atoms with Crippen molar-refractivity contribution in [3.63, 3.8) is 0 Å². The van der Waals surface area contributed by atoms with E-state index in [1.54, 1.807) is 17.5 Å². The van der Waals surface area contributed by atoms with Crippen LogP contribution in [0.15, 0.2) is 17.6 Å². The van der Waals surface area contributed by atoms with Crippen LogP contribution in [0.4, 0.5) is 0 Å². The van der Waals surface area contributed by atoms with E-state index in [-0.39, 0.29) is 6.54 Å². The van der Waals surface area contributed by atoms with Crippen LogP contribution in [0.5, 0.6) is 0 Å². The van der Waals surface area contributed by atoms with Gasteiger partial charge in [0, 0.05) is 22.4 Å². The largest absolute Gasteiger partial charge is 0.368 e. The number of primary amides is 1. The van der Waals surface area contributed by atoms with Gasteiger partial charge >= 0.3 is 0 Å². The maximum Gasteiger partial charge on any atom is 0.239 e. The minimum atomic E-state index is -0.440. The lowest BCUT2D eigenvalue weighted by Crippen LogP contribution is -2.18. The summed E-state index contributed by atoms with van der Waals surface area (Å²) in [6.07, 6.45) is 1.69. The first-order chi connectivity index (χ1) is 7.69. The van der Waals surface area contributed by atoms with Gasteiger partial charge in [0.25, 0.3) is 0 Å². The van der Waals surface area contributed by atoms with Crippen molar-refractivity contribution in [3.05, 3.63) is 22.5 Å². The van der Waals surface area contributed by atoms with Gasteiger partial charge in [-0.2, -0.15) is 0 Å². The highest BCUT2D eigenvalue weighted by Crippen LogP contribution is 2.23. The van der Waals surface area contributed by atoms with Crippen molar-refractivity contribution in [2.75, 3.05) is 0 Å². The number of nitrogens with zero attached hydrogens (tertiary/aromatic N) is 3. The van der Waals surface area contributed by atoms with E-state index in [2.05, 4.69) is 10.3 Å². The van der Waals surface area contributed by atoms with Crippen molar-refractivity contribution in [3.8, 4) is 11.3 Å². The number of carbonyl (C=O) groups is 1. The first-order valence-electron chi connectivity index (χ1n) is 4.65. The van der Waals surface area contributed by atoms with Crippen molar-refractivity contribution in [1.82, 2.24) is 15.0 Å². The molecule has 0 radical (unpaired) electrons. The molecule has 0 aliphatic heterocycles. The molecule has 16 heavy (non-hydrogen) atoms. The molecule has 0 atom stereocenters. The predicted octanol–water partition coefficient (Wildman–Crippen LogP) is -0.0494. The zero-order chi connectivity index (χ0) is 11.5. The monoisotopic (exact) mass is 237 g/mol. The fraction of sp³-hybridized carbons (Fsp3) is 0.222. The Morgan fingerprint density at radius 1 is 1.56 bits per heavy atom. The fourth-order valence-electron chi connectivity index (χ4n) is 1.29. The summed E-state index contributed by atoms with van der Waals surface area (Å²) in [6, 6.07) is 1.96. The van der Waals surface area contributed by atoms with Crippen LogP contribution in [0.2, 0.25) is 0 Å². The van der Waals surface area contributed by atoms with Crippen LogP contribution in [0.1, 0.15) is 4.88 Å². The Labute approximate surface area is 95.9 Å². The second kappa shape index (κ2) is 4.42. The van der Waals surface area contributed by atoms with Gasteiger partial charge in [-0.15, -0.1) is 16.4 Å². The van der Waals surface area contributed by atoms with Crippen LogP contribution < -0.4 is 11.5 Å².